The van der Waals surface area contributed by atoms with E-state index in [0.29, 0.717) is 48.6 Å². The molecule has 2 aromatic carbocycles. The van der Waals surface area contributed by atoms with Gasteiger partial charge in [-0.3, -0.25) is 9.59 Å². The number of piperazine rings is 1. The standard InChI is InChI=1S/C29H31F4N5O2/c1-36-9-11-38(12-10-36)26-8-4-19(21-13-18(3-7-24(21)30)16-34-20-5-6-20)14-25(26)35-28(40)22-17-37(2)27(39)15-23(22)29(31,32)33/h3-4,7-8,13-15,17,20,34H,5-6,9-12,16H2,1-2H3,(H,35,40). The quantitative estimate of drug-likeness (QED) is 0.420. The summed E-state index contributed by atoms with van der Waals surface area (Å²) in [5.41, 5.74) is -0.280. The molecule has 1 aliphatic carbocycles. The van der Waals surface area contributed by atoms with Gasteiger partial charge in [0.2, 0.25) is 0 Å². The molecule has 1 saturated carbocycles. The molecule has 11 heteroatoms. The first kappa shape index (κ1) is 27.9. The number of benzene rings is 2. The van der Waals surface area contributed by atoms with Crippen molar-refractivity contribution in [2.75, 3.05) is 43.4 Å². The molecule has 0 bridgehead atoms. The average Bonchev–Trinajstić information content (AvgIpc) is 3.74. The Balaban J connectivity index is 1.53. The van der Waals surface area contributed by atoms with Crippen LogP contribution in [0.15, 0.2) is 53.5 Å². The van der Waals surface area contributed by atoms with E-state index >= 15 is 4.39 Å². The lowest BCUT2D eigenvalue weighted by Gasteiger charge is -2.35. The Morgan fingerprint density at radius 1 is 1.00 bits per heavy atom. The molecule has 0 atom stereocenters. The number of likely N-dealkylation sites (N-methyl/N-ethyl adjacent to an activating group) is 1. The molecular formula is C29H31F4N5O2. The molecule has 40 heavy (non-hydrogen) atoms. The number of hydrogen-bond donors (Lipinski definition) is 2. The maximum Gasteiger partial charge on any atom is 0.417 e. The minimum Gasteiger partial charge on any atom is -0.367 e. The zero-order chi connectivity index (χ0) is 28.6. The Morgan fingerprint density at radius 3 is 2.40 bits per heavy atom. The van der Waals surface area contributed by atoms with Crippen LogP contribution in [0.25, 0.3) is 11.1 Å². The lowest BCUT2D eigenvalue weighted by atomic mass is 10.00. The molecule has 5 rings (SSSR count). The number of rotatable bonds is 7. The van der Waals surface area contributed by atoms with Crippen LogP contribution in [0.2, 0.25) is 0 Å². The average molecular weight is 558 g/mol. The summed E-state index contributed by atoms with van der Waals surface area (Å²) in [6, 6.07) is 10.9. The van der Waals surface area contributed by atoms with Gasteiger partial charge in [0.15, 0.2) is 0 Å². The van der Waals surface area contributed by atoms with Crippen molar-refractivity contribution in [1.82, 2.24) is 14.8 Å². The van der Waals surface area contributed by atoms with Crippen LogP contribution in [-0.2, 0) is 19.8 Å². The maximum atomic E-state index is 15.0. The molecule has 0 spiro atoms. The van der Waals surface area contributed by atoms with Gasteiger partial charge in [0, 0.05) is 63.6 Å². The number of anilines is 2. The number of aromatic nitrogens is 1. The van der Waals surface area contributed by atoms with E-state index in [1.165, 1.54) is 13.1 Å². The lowest BCUT2D eigenvalue weighted by molar-refractivity contribution is -0.138. The Labute approximate surface area is 229 Å². The lowest BCUT2D eigenvalue weighted by Crippen LogP contribution is -2.44. The molecule has 1 aliphatic heterocycles. The molecule has 3 aromatic rings. The van der Waals surface area contributed by atoms with Crippen molar-refractivity contribution in [3.05, 3.63) is 81.5 Å². The summed E-state index contributed by atoms with van der Waals surface area (Å²) in [6.45, 7) is 3.40. The number of alkyl halides is 3. The summed E-state index contributed by atoms with van der Waals surface area (Å²) < 4.78 is 57.2. The molecule has 2 aliphatic rings. The molecule has 1 saturated heterocycles. The van der Waals surface area contributed by atoms with Crippen molar-refractivity contribution in [3.63, 3.8) is 0 Å². The molecule has 7 nitrogen and oxygen atoms in total. The minimum absolute atomic E-state index is 0.259. The van der Waals surface area contributed by atoms with Crippen LogP contribution in [0.3, 0.4) is 0 Å². The number of carbonyl (C=O) groups excluding carboxylic acids is 1. The number of aryl methyl sites for hydroxylation is 1. The molecule has 2 N–H and O–H groups in total. The van der Waals surface area contributed by atoms with Crippen molar-refractivity contribution in [2.45, 2.75) is 31.6 Å². The zero-order valence-electron chi connectivity index (χ0n) is 22.3. The first-order valence-electron chi connectivity index (χ1n) is 13.2. The highest BCUT2D eigenvalue weighted by Crippen LogP contribution is 2.36. The minimum atomic E-state index is -4.90. The molecule has 212 valence electrons. The van der Waals surface area contributed by atoms with Gasteiger partial charge in [-0.25, -0.2) is 4.39 Å². The topological polar surface area (TPSA) is 69.6 Å². The van der Waals surface area contributed by atoms with Crippen LogP contribution in [0, 0.1) is 5.82 Å². The van der Waals surface area contributed by atoms with Crippen LogP contribution in [-0.4, -0.2) is 54.6 Å². The third-order valence-electron chi connectivity index (χ3n) is 7.38. The Bertz CT molecular complexity index is 1470. The number of hydrogen-bond acceptors (Lipinski definition) is 5. The molecule has 0 radical (unpaired) electrons. The predicted octanol–water partition coefficient (Wildman–Crippen LogP) is 4.47. The molecule has 1 amide bonds. The maximum absolute atomic E-state index is 15.0. The second-order valence-electron chi connectivity index (χ2n) is 10.5. The van der Waals surface area contributed by atoms with Crippen LogP contribution in [0.1, 0.15) is 34.3 Å². The van der Waals surface area contributed by atoms with Crippen LogP contribution >= 0.6 is 0 Å². The fourth-order valence-corrected chi connectivity index (χ4v) is 4.82. The zero-order valence-corrected chi connectivity index (χ0v) is 22.3. The van der Waals surface area contributed by atoms with Crippen LogP contribution < -0.4 is 21.1 Å². The van der Waals surface area contributed by atoms with Gasteiger partial charge in [-0.15, -0.1) is 0 Å². The van der Waals surface area contributed by atoms with Crippen molar-refractivity contribution < 1.29 is 22.4 Å². The van der Waals surface area contributed by atoms with Gasteiger partial charge >= 0.3 is 6.18 Å². The molecular weight excluding hydrogens is 526 g/mol. The highest BCUT2D eigenvalue weighted by atomic mass is 19.4. The van der Waals surface area contributed by atoms with Crippen molar-refractivity contribution in [3.8, 4) is 11.1 Å². The van der Waals surface area contributed by atoms with E-state index in [-0.39, 0.29) is 5.69 Å². The van der Waals surface area contributed by atoms with Crippen molar-refractivity contribution >= 4 is 17.3 Å². The van der Waals surface area contributed by atoms with Crippen molar-refractivity contribution in [2.24, 2.45) is 7.05 Å². The summed E-state index contributed by atoms with van der Waals surface area (Å²) in [5.74, 6) is -1.46. The largest absolute Gasteiger partial charge is 0.417 e. The van der Waals surface area contributed by atoms with Gasteiger partial charge < -0.3 is 25.0 Å². The van der Waals surface area contributed by atoms with Crippen molar-refractivity contribution in [1.29, 1.82) is 0 Å². The first-order chi connectivity index (χ1) is 19.0. The summed E-state index contributed by atoms with van der Waals surface area (Å²) in [4.78, 5) is 29.4. The van der Waals surface area contributed by atoms with E-state index < -0.39 is 34.6 Å². The summed E-state index contributed by atoms with van der Waals surface area (Å²) in [6.07, 6.45) is -1.77. The highest BCUT2D eigenvalue weighted by molar-refractivity contribution is 6.07. The number of amides is 1. The molecule has 2 fully saturated rings. The smallest absolute Gasteiger partial charge is 0.367 e. The summed E-state index contributed by atoms with van der Waals surface area (Å²) in [5, 5.41) is 6.04. The molecule has 1 aromatic heterocycles. The predicted molar refractivity (Wildman–Crippen MR) is 146 cm³/mol. The van der Waals surface area contributed by atoms with Gasteiger partial charge in [0.25, 0.3) is 11.5 Å². The number of pyridine rings is 1. The second-order valence-corrected chi connectivity index (χ2v) is 10.5. The first-order valence-corrected chi connectivity index (χ1v) is 13.2. The third-order valence-corrected chi connectivity index (χ3v) is 7.38. The van der Waals surface area contributed by atoms with E-state index in [1.807, 2.05) is 11.9 Å². The van der Waals surface area contributed by atoms with E-state index in [4.69, 9.17) is 0 Å². The molecule has 2 heterocycles. The van der Waals surface area contributed by atoms with Gasteiger partial charge in [-0.05, 0) is 55.3 Å². The number of nitrogens with zero attached hydrogens (tertiary/aromatic N) is 3. The Morgan fingerprint density at radius 2 is 1.73 bits per heavy atom. The highest BCUT2D eigenvalue weighted by Gasteiger charge is 2.36. The van der Waals surface area contributed by atoms with E-state index in [0.717, 1.165) is 42.3 Å². The normalized spacial score (nSPS) is 16.3. The third kappa shape index (κ3) is 6.20. The van der Waals surface area contributed by atoms with E-state index in [9.17, 15) is 22.8 Å². The number of nitrogens with one attached hydrogen (secondary N) is 2. The van der Waals surface area contributed by atoms with Gasteiger partial charge in [-0.1, -0.05) is 12.1 Å². The van der Waals surface area contributed by atoms with Crippen LogP contribution in [0.5, 0.6) is 0 Å². The number of carbonyl (C=O) groups is 1. The second kappa shape index (κ2) is 11.1. The Kier molecular flexibility index (Phi) is 7.70. The number of halogens is 4. The fourth-order valence-electron chi connectivity index (χ4n) is 4.82. The molecule has 0 unspecified atom stereocenters. The van der Waals surface area contributed by atoms with Gasteiger partial charge in [0.1, 0.15) is 5.82 Å². The van der Waals surface area contributed by atoms with Gasteiger partial charge in [-0.2, -0.15) is 13.2 Å². The summed E-state index contributed by atoms with van der Waals surface area (Å²) in [7, 11) is 3.28. The Hall–Kier alpha value is -3.70. The SMILES string of the molecule is CN1CCN(c2ccc(-c3cc(CNC4CC4)ccc3F)cc2NC(=O)c2cn(C)c(=O)cc2C(F)(F)F)CC1. The monoisotopic (exact) mass is 557 g/mol. The van der Waals surface area contributed by atoms with Crippen LogP contribution in [0.4, 0.5) is 28.9 Å². The fraction of sp³-hybridized carbons (Fsp3) is 0.379. The van der Waals surface area contributed by atoms with E-state index in [2.05, 4.69) is 15.5 Å². The van der Waals surface area contributed by atoms with Gasteiger partial charge in [0.05, 0.1) is 22.5 Å². The van der Waals surface area contributed by atoms with E-state index in [1.54, 1.807) is 30.3 Å². The summed E-state index contributed by atoms with van der Waals surface area (Å²) >= 11 is 0.